The molecule has 0 fully saturated rings. The fourth-order valence-electron chi connectivity index (χ4n) is 0. The predicted molar refractivity (Wildman–Crippen MR) is 18.3 cm³/mol. The van der Waals surface area contributed by atoms with Crippen molar-refractivity contribution in [2.75, 3.05) is 0 Å². The van der Waals surface area contributed by atoms with E-state index in [0.29, 0.717) is 0 Å². The van der Waals surface area contributed by atoms with Crippen molar-refractivity contribution < 1.29 is 28.0 Å². The average Bonchev–Trinajstić information content (AvgIpc) is 0. The van der Waals surface area contributed by atoms with Gasteiger partial charge in [-0.2, -0.15) is 9.90 Å². The second-order valence-corrected chi connectivity index (χ2v) is 0. The van der Waals surface area contributed by atoms with Gasteiger partial charge in [0.1, 0.15) is 0 Å². The Morgan fingerprint density at radius 2 is 0.750 bits per heavy atom. The van der Waals surface area contributed by atoms with E-state index in [2.05, 4.69) is 0 Å². The molecule has 0 saturated heterocycles. The van der Waals surface area contributed by atoms with Crippen molar-refractivity contribution >= 4 is 9.90 Å². The van der Waals surface area contributed by atoms with E-state index in [1.54, 1.807) is 0 Å². The third kappa shape index (κ3) is 13.3. The zero-order chi connectivity index (χ0) is 0. The number of hydrogen-bond donors (Lipinski definition) is 0. The Morgan fingerprint density at radius 3 is 0.750 bits per heavy atom. The van der Waals surface area contributed by atoms with Crippen LogP contribution in [0.3, 0.4) is 0 Å². The minimum atomic E-state index is 0. The minimum absolute atomic E-state index is 0. The van der Waals surface area contributed by atoms with Gasteiger partial charge in [-0.1, -0.05) is 0 Å². The van der Waals surface area contributed by atoms with Gasteiger partial charge in [0.15, 0.2) is 0 Å². The van der Waals surface area contributed by atoms with E-state index in [-0.39, 0.29) is 37.9 Å². The molecule has 0 saturated carbocycles. The second kappa shape index (κ2) is 42.1. The normalized spacial score (nSPS) is 0. The van der Waals surface area contributed by atoms with Gasteiger partial charge in [0, 0.05) is 17.1 Å². The molecule has 0 amide bonds. The smallest absolute Gasteiger partial charge is 0 e. The van der Waals surface area contributed by atoms with Gasteiger partial charge < -0.3 is 11.0 Å². The molecule has 32 valence electrons. The van der Waals surface area contributed by atoms with Gasteiger partial charge in [-0.05, 0) is 0 Å². The molecule has 0 aliphatic carbocycles. The summed E-state index contributed by atoms with van der Waals surface area (Å²) in [4.78, 5) is 0. The molecule has 0 rings (SSSR count). The number of rotatable bonds is 0. The first-order valence-electron chi connectivity index (χ1n) is 0. The Morgan fingerprint density at radius 1 is 0.750 bits per heavy atom. The summed E-state index contributed by atoms with van der Waals surface area (Å²) < 4.78 is 0. The molecular formula is H7FeO2P. The molecule has 0 aromatic carbocycles. The van der Waals surface area contributed by atoms with Crippen molar-refractivity contribution in [1.82, 2.24) is 0 Å². The molecule has 0 aromatic heterocycles. The van der Waals surface area contributed by atoms with Crippen LogP contribution in [0.5, 0.6) is 0 Å². The molecule has 0 radical (unpaired) electrons. The van der Waals surface area contributed by atoms with Gasteiger partial charge in [-0.15, -0.1) is 0 Å². The summed E-state index contributed by atoms with van der Waals surface area (Å²) >= 11 is 0. The summed E-state index contributed by atoms with van der Waals surface area (Å²) in [7, 11) is 0. The van der Waals surface area contributed by atoms with Gasteiger partial charge in [-0.25, -0.2) is 0 Å². The summed E-state index contributed by atoms with van der Waals surface area (Å²) in [5, 5.41) is 0. The van der Waals surface area contributed by atoms with E-state index >= 15 is 0 Å². The van der Waals surface area contributed by atoms with Crippen molar-refractivity contribution in [1.29, 1.82) is 0 Å². The summed E-state index contributed by atoms with van der Waals surface area (Å²) in [6.45, 7) is 0. The average molecular weight is 126 g/mol. The topological polar surface area (TPSA) is 63.0 Å². The molecule has 0 aliphatic heterocycles. The van der Waals surface area contributed by atoms with Crippen molar-refractivity contribution in [3.8, 4) is 0 Å². The van der Waals surface area contributed by atoms with Crippen LogP contribution >= 0.6 is 9.90 Å². The first-order valence-corrected chi connectivity index (χ1v) is 0. The van der Waals surface area contributed by atoms with Crippen LogP contribution in [0.15, 0.2) is 0 Å². The summed E-state index contributed by atoms with van der Waals surface area (Å²) in [5.74, 6) is 0. The maximum Gasteiger partial charge on any atom is 0 e. The van der Waals surface area contributed by atoms with Crippen molar-refractivity contribution in [3.05, 3.63) is 0 Å². The van der Waals surface area contributed by atoms with E-state index < -0.39 is 0 Å². The van der Waals surface area contributed by atoms with Gasteiger partial charge >= 0.3 is 0 Å². The fraction of sp³-hybridized carbons (Fsp3) is 0. The Hall–Kier alpha value is 0.869. The summed E-state index contributed by atoms with van der Waals surface area (Å²) in [6, 6.07) is 0. The Bertz CT molecular complexity index is 6.00. The molecule has 4 N–H and O–H groups in total. The molecule has 4 heteroatoms. The maximum absolute atomic E-state index is 0. The maximum atomic E-state index is 0. The first kappa shape index (κ1) is 96.4. The van der Waals surface area contributed by atoms with E-state index in [1.165, 1.54) is 0 Å². The van der Waals surface area contributed by atoms with Crippen LogP contribution in [0.25, 0.3) is 0 Å². The zero-order valence-electron chi connectivity index (χ0n) is 2.06. The molecule has 0 aliphatic rings. The summed E-state index contributed by atoms with van der Waals surface area (Å²) in [5.41, 5.74) is 0. The largest absolute Gasteiger partial charge is 0.412 e. The standard InChI is InChI=1S/Fe.2H2O.H3P/h;2*1H2;1H3. The monoisotopic (exact) mass is 126 g/mol. The minimum Gasteiger partial charge on any atom is -0.412 e. The van der Waals surface area contributed by atoms with Crippen molar-refractivity contribution in [2.24, 2.45) is 0 Å². The molecule has 0 heterocycles. The van der Waals surface area contributed by atoms with Crippen LogP contribution in [0.4, 0.5) is 0 Å². The van der Waals surface area contributed by atoms with E-state index in [1.807, 2.05) is 0 Å². The molecule has 0 aromatic rings. The van der Waals surface area contributed by atoms with Crippen LogP contribution in [0.2, 0.25) is 0 Å². The molecule has 0 bridgehead atoms. The van der Waals surface area contributed by atoms with E-state index in [0.717, 1.165) is 0 Å². The quantitative estimate of drug-likeness (QED) is 0.277. The van der Waals surface area contributed by atoms with Crippen LogP contribution in [0, 0.1) is 0 Å². The van der Waals surface area contributed by atoms with Gasteiger partial charge in [0.05, 0.1) is 0 Å². The zero-order valence-corrected chi connectivity index (χ0v) is 4.58. The van der Waals surface area contributed by atoms with Crippen molar-refractivity contribution in [2.45, 2.75) is 0 Å². The molecule has 4 heavy (non-hydrogen) atoms. The van der Waals surface area contributed by atoms with E-state index in [4.69, 9.17) is 0 Å². The van der Waals surface area contributed by atoms with Gasteiger partial charge in [-0.3, -0.25) is 0 Å². The predicted octanol–water partition coefficient (Wildman–Crippen LogP) is -1.59. The Balaban J connectivity index is 0. The third-order valence-electron chi connectivity index (χ3n) is 0. The SMILES string of the molecule is O.O.P.[Fe]. The number of hydrogen-bond acceptors (Lipinski definition) is 0. The Labute approximate surface area is 38.7 Å². The van der Waals surface area contributed by atoms with Crippen LogP contribution < -0.4 is 0 Å². The molecule has 1 unspecified atom stereocenters. The molecule has 0 spiro atoms. The van der Waals surface area contributed by atoms with Crippen LogP contribution in [-0.4, -0.2) is 11.0 Å². The Kier molecular flexibility index (Phi) is 1020. The van der Waals surface area contributed by atoms with E-state index in [9.17, 15) is 0 Å². The second-order valence-electron chi connectivity index (χ2n) is 0. The first-order chi connectivity index (χ1) is 0. The molecule has 1 atom stereocenters. The van der Waals surface area contributed by atoms with Crippen molar-refractivity contribution in [3.63, 3.8) is 0 Å². The fourth-order valence-corrected chi connectivity index (χ4v) is 0. The van der Waals surface area contributed by atoms with Gasteiger partial charge in [0.2, 0.25) is 0 Å². The van der Waals surface area contributed by atoms with Crippen LogP contribution in [0.1, 0.15) is 0 Å². The van der Waals surface area contributed by atoms with Crippen LogP contribution in [-0.2, 0) is 17.1 Å². The van der Waals surface area contributed by atoms with Gasteiger partial charge in [0.25, 0.3) is 0 Å². The molecular weight excluding hydrogens is 119 g/mol. The molecule has 2 nitrogen and oxygen atoms in total. The summed E-state index contributed by atoms with van der Waals surface area (Å²) in [6.07, 6.45) is 0. The third-order valence-corrected chi connectivity index (χ3v) is 0.